The Morgan fingerprint density at radius 3 is 2.56 bits per heavy atom. The van der Waals surface area contributed by atoms with E-state index in [1.165, 1.54) is 11.1 Å². The predicted molar refractivity (Wildman–Crippen MR) is 110 cm³/mol. The van der Waals surface area contributed by atoms with Crippen LogP contribution in [0.3, 0.4) is 0 Å². The van der Waals surface area contributed by atoms with Gasteiger partial charge in [-0.15, -0.1) is 11.3 Å². The van der Waals surface area contributed by atoms with Crippen LogP contribution in [0.1, 0.15) is 23.7 Å². The van der Waals surface area contributed by atoms with Crippen LogP contribution in [0.4, 0.5) is 0 Å². The third-order valence-electron chi connectivity index (χ3n) is 4.22. The van der Waals surface area contributed by atoms with Crippen LogP contribution in [0.5, 0.6) is 5.75 Å². The zero-order valence-corrected chi connectivity index (χ0v) is 16.5. The molecule has 140 valence electrons. The fourth-order valence-electron chi connectivity index (χ4n) is 2.62. The van der Waals surface area contributed by atoms with Gasteiger partial charge in [-0.1, -0.05) is 48.9 Å². The van der Waals surface area contributed by atoms with E-state index in [-0.39, 0.29) is 12.3 Å². The van der Waals surface area contributed by atoms with E-state index in [1.54, 1.807) is 11.3 Å². The van der Waals surface area contributed by atoms with Crippen LogP contribution in [0.15, 0.2) is 53.9 Å². The number of ether oxygens (including phenoxy) is 1. The Bertz CT molecular complexity index is 870. The highest BCUT2D eigenvalue weighted by Crippen LogP contribution is 2.24. The van der Waals surface area contributed by atoms with Crippen molar-refractivity contribution in [2.75, 3.05) is 13.2 Å². The van der Waals surface area contributed by atoms with Crippen LogP contribution in [-0.4, -0.2) is 24.0 Å². The average molecular weight is 381 g/mol. The highest BCUT2D eigenvalue weighted by molar-refractivity contribution is 7.13. The monoisotopic (exact) mass is 380 g/mol. The number of benzene rings is 2. The Balaban J connectivity index is 1.44. The molecule has 0 unspecified atom stereocenters. The van der Waals surface area contributed by atoms with Crippen LogP contribution >= 0.6 is 11.3 Å². The van der Waals surface area contributed by atoms with Gasteiger partial charge in [0.1, 0.15) is 17.4 Å². The fourth-order valence-corrected chi connectivity index (χ4v) is 3.45. The Kier molecular flexibility index (Phi) is 6.60. The van der Waals surface area contributed by atoms with Crippen molar-refractivity contribution in [2.45, 2.75) is 26.7 Å². The van der Waals surface area contributed by atoms with Gasteiger partial charge in [-0.25, -0.2) is 4.98 Å². The zero-order valence-electron chi connectivity index (χ0n) is 15.7. The molecular weight excluding hydrogens is 356 g/mol. The number of aromatic nitrogens is 1. The van der Waals surface area contributed by atoms with Crippen molar-refractivity contribution >= 4 is 17.2 Å². The first-order chi connectivity index (χ1) is 13.1. The molecule has 4 nitrogen and oxygen atoms in total. The van der Waals surface area contributed by atoms with Crippen molar-refractivity contribution in [1.82, 2.24) is 10.3 Å². The summed E-state index contributed by atoms with van der Waals surface area (Å²) in [5.41, 5.74) is 4.39. The molecule has 27 heavy (non-hydrogen) atoms. The summed E-state index contributed by atoms with van der Waals surface area (Å²) >= 11 is 1.57. The summed E-state index contributed by atoms with van der Waals surface area (Å²) < 4.78 is 5.61. The number of rotatable bonds is 8. The average Bonchev–Trinajstić information content (AvgIpc) is 3.15. The third-order valence-corrected chi connectivity index (χ3v) is 5.16. The summed E-state index contributed by atoms with van der Waals surface area (Å²) in [5.74, 6) is 0.772. The lowest BCUT2D eigenvalue weighted by molar-refractivity contribution is -0.120. The molecule has 0 aliphatic carbocycles. The number of nitrogens with zero attached hydrogens (tertiary/aromatic N) is 1. The second kappa shape index (κ2) is 9.33. The van der Waals surface area contributed by atoms with Crippen molar-refractivity contribution in [3.63, 3.8) is 0 Å². The van der Waals surface area contributed by atoms with Crippen molar-refractivity contribution in [1.29, 1.82) is 0 Å². The minimum atomic E-state index is -0.0410. The molecule has 1 amide bonds. The number of hydrogen-bond acceptors (Lipinski definition) is 4. The highest BCUT2D eigenvalue weighted by Gasteiger charge is 2.09. The van der Waals surface area contributed by atoms with E-state index in [1.807, 2.05) is 36.6 Å². The van der Waals surface area contributed by atoms with Crippen LogP contribution in [0.2, 0.25) is 0 Å². The maximum atomic E-state index is 12.1. The van der Waals surface area contributed by atoms with E-state index in [0.717, 1.165) is 28.4 Å². The first-order valence-corrected chi connectivity index (χ1v) is 10.0. The Hall–Kier alpha value is -2.66. The molecule has 3 rings (SSSR count). The molecule has 1 aromatic heterocycles. The first-order valence-electron chi connectivity index (χ1n) is 9.14. The third kappa shape index (κ3) is 5.66. The molecule has 0 atom stereocenters. The maximum absolute atomic E-state index is 12.1. The molecule has 0 aliphatic rings. The van der Waals surface area contributed by atoms with E-state index < -0.39 is 0 Å². The number of aryl methyl sites for hydroxylation is 2. The van der Waals surface area contributed by atoms with E-state index in [2.05, 4.69) is 41.5 Å². The molecule has 0 saturated heterocycles. The minimum Gasteiger partial charge on any atom is -0.492 e. The molecule has 0 saturated carbocycles. The van der Waals surface area contributed by atoms with Crippen molar-refractivity contribution in [3.8, 4) is 16.3 Å². The number of thiazole rings is 1. The number of carbonyl (C=O) groups is 1. The molecule has 1 N–H and O–H groups in total. The van der Waals surface area contributed by atoms with Gasteiger partial charge >= 0.3 is 0 Å². The van der Waals surface area contributed by atoms with Gasteiger partial charge < -0.3 is 10.1 Å². The van der Waals surface area contributed by atoms with E-state index in [0.29, 0.717) is 13.2 Å². The molecule has 0 radical (unpaired) electrons. The molecule has 1 heterocycles. The lowest BCUT2D eigenvalue weighted by Gasteiger charge is -2.07. The molecule has 5 heteroatoms. The molecule has 0 aliphatic heterocycles. The topological polar surface area (TPSA) is 51.2 Å². The molecule has 0 bridgehead atoms. The maximum Gasteiger partial charge on any atom is 0.226 e. The summed E-state index contributed by atoms with van der Waals surface area (Å²) in [6.45, 7) is 5.10. The van der Waals surface area contributed by atoms with Gasteiger partial charge in [0.25, 0.3) is 0 Å². The van der Waals surface area contributed by atoms with Gasteiger partial charge in [-0.05, 0) is 31.0 Å². The minimum absolute atomic E-state index is 0.0410. The van der Waals surface area contributed by atoms with E-state index >= 15 is 0 Å². The highest BCUT2D eigenvalue weighted by atomic mass is 32.1. The van der Waals surface area contributed by atoms with Gasteiger partial charge in [0.2, 0.25) is 5.91 Å². The number of nitrogens with one attached hydrogen (secondary N) is 1. The summed E-state index contributed by atoms with van der Waals surface area (Å²) in [4.78, 5) is 16.7. The lowest BCUT2D eigenvalue weighted by atomic mass is 10.1. The molecule has 3 aromatic rings. The first kappa shape index (κ1) is 19.1. The standard InChI is InChI=1S/C22H24N2O2S/c1-3-17-6-8-18(9-7-17)22-24-19(15-27-22)14-21(25)23-12-13-26-20-10-4-16(2)5-11-20/h4-11,15H,3,12-14H2,1-2H3,(H,23,25). The number of carbonyl (C=O) groups excluding carboxylic acids is 1. The number of hydrogen-bond donors (Lipinski definition) is 1. The quantitative estimate of drug-likeness (QED) is 0.589. The van der Waals surface area contributed by atoms with Crippen LogP contribution in [-0.2, 0) is 17.6 Å². The van der Waals surface area contributed by atoms with E-state index in [9.17, 15) is 4.79 Å². The zero-order chi connectivity index (χ0) is 19.1. The predicted octanol–water partition coefficient (Wildman–Crippen LogP) is 4.42. The Morgan fingerprint density at radius 2 is 1.85 bits per heavy atom. The van der Waals surface area contributed by atoms with Gasteiger partial charge in [0.05, 0.1) is 18.7 Å². The Morgan fingerprint density at radius 1 is 1.11 bits per heavy atom. The smallest absolute Gasteiger partial charge is 0.226 e. The van der Waals surface area contributed by atoms with Crippen LogP contribution in [0.25, 0.3) is 10.6 Å². The molecule has 0 fully saturated rings. The summed E-state index contributed by atoms with van der Waals surface area (Å²) in [7, 11) is 0. The van der Waals surface area contributed by atoms with Gasteiger partial charge in [0.15, 0.2) is 0 Å². The molecule has 2 aromatic carbocycles. The van der Waals surface area contributed by atoms with Gasteiger partial charge in [-0.3, -0.25) is 4.79 Å². The van der Waals surface area contributed by atoms with Crippen molar-refractivity contribution in [2.24, 2.45) is 0 Å². The van der Waals surface area contributed by atoms with Crippen molar-refractivity contribution < 1.29 is 9.53 Å². The van der Waals surface area contributed by atoms with Gasteiger partial charge in [-0.2, -0.15) is 0 Å². The van der Waals surface area contributed by atoms with E-state index in [4.69, 9.17) is 4.74 Å². The summed E-state index contributed by atoms with van der Waals surface area (Å²) in [6, 6.07) is 16.3. The van der Waals surface area contributed by atoms with Gasteiger partial charge in [0, 0.05) is 10.9 Å². The second-order valence-corrected chi connectivity index (χ2v) is 7.24. The van der Waals surface area contributed by atoms with Crippen molar-refractivity contribution in [3.05, 3.63) is 70.7 Å². The van der Waals surface area contributed by atoms with Crippen LogP contribution < -0.4 is 10.1 Å². The largest absolute Gasteiger partial charge is 0.492 e. The summed E-state index contributed by atoms with van der Waals surface area (Å²) in [5, 5.41) is 5.77. The normalized spacial score (nSPS) is 10.6. The molecular formula is C22H24N2O2S. The molecule has 0 spiro atoms. The number of amides is 1. The lowest BCUT2D eigenvalue weighted by Crippen LogP contribution is -2.29. The summed E-state index contributed by atoms with van der Waals surface area (Å²) in [6.07, 6.45) is 1.31. The Labute approximate surface area is 164 Å². The van der Waals surface area contributed by atoms with Crippen LogP contribution in [0, 0.1) is 6.92 Å². The SMILES string of the molecule is CCc1ccc(-c2nc(CC(=O)NCCOc3ccc(C)cc3)cs2)cc1. The second-order valence-electron chi connectivity index (χ2n) is 6.38. The fraction of sp³-hybridized carbons (Fsp3) is 0.273.